The van der Waals surface area contributed by atoms with Crippen LogP contribution in [-0.2, 0) is 4.79 Å². The number of Topliss-reactive ketones (excluding diaryl/α,β-unsaturated/α-hetero) is 1. The third-order valence-electron chi connectivity index (χ3n) is 2.23. The number of piperidine rings is 1. The van der Waals surface area contributed by atoms with Gasteiger partial charge in [0.25, 0.3) is 0 Å². The Kier molecular flexibility index (Phi) is 8.00. The molecule has 0 aromatic carbocycles. The number of ketones is 1. The molecule has 0 spiro atoms. The molecule has 0 bridgehead atoms. The van der Waals surface area contributed by atoms with Gasteiger partial charge in [0, 0.05) is 13.0 Å². The Hall–Kier alpha value is -0.370. The van der Waals surface area contributed by atoms with Gasteiger partial charge in [-0.25, -0.2) is 0 Å². The minimum atomic E-state index is 0.315. The quantitative estimate of drug-likeness (QED) is 0.673. The highest BCUT2D eigenvalue weighted by Gasteiger charge is 2.09. The minimum absolute atomic E-state index is 0.315. The Balaban J connectivity index is 0.000000671. The number of nitrogens with zero attached hydrogens (tertiary/aromatic N) is 1. The molecular weight excluding hydrogens is 162 g/mol. The molecule has 2 nitrogen and oxygen atoms in total. The van der Waals surface area contributed by atoms with Crippen molar-refractivity contribution in [3.05, 3.63) is 0 Å². The number of hydrogen-bond donors (Lipinski definition) is 0. The number of likely N-dealkylation sites (tertiary alicyclic amines) is 1. The summed E-state index contributed by atoms with van der Waals surface area (Å²) in [4.78, 5) is 13.1. The zero-order valence-corrected chi connectivity index (χ0v) is 9.31. The lowest BCUT2D eigenvalue weighted by Crippen LogP contribution is -2.31. The van der Waals surface area contributed by atoms with Crippen molar-refractivity contribution in [2.75, 3.05) is 19.6 Å². The summed E-state index contributed by atoms with van der Waals surface area (Å²) in [5.41, 5.74) is 0. The maximum Gasteiger partial charge on any atom is 0.131 e. The van der Waals surface area contributed by atoms with E-state index in [0.717, 1.165) is 13.0 Å². The van der Waals surface area contributed by atoms with Crippen LogP contribution in [0.4, 0.5) is 0 Å². The first-order valence-corrected chi connectivity index (χ1v) is 5.51. The first-order chi connectivity index (χ1) is 6.29. The van der Waals surface area contributed by atoms with Crippen LogP contribution in [0, 0.1) is 0 Å². The second-order valence-electron chi connectivity index (χ2n) is 3.35. The van der Waals surface area contributed by atoms with Crippen LogP contribution in [0.2, 0.25) is 0 Å². The summed E-state index contributed by atoms with van der Waals surface area (Å²) in [6.07, 6.45) is 4.74. The predicted molar refractivity (Wildman–Crippen MR) is 56.9 cm³/mol. The van der Waals surface area contributed by atoms with E-state index >= 15 is 0 Å². The molecule has 1 aliphatic heterocycles. The van der Waals surface area contributed by atoms with Crippen LogP contribution >= 0.6 is 0 Å². The second-order valence-corrected chi connectivity index (χ2v) is 3.35. The molecule has 1 heterocycles. The molecule has 0 atom stereocenters. The molecule has 0 N–H and O–H groups in total. The van der Waals surface area contributed by atoms with E-state index in [1.54, 1.807) is 6.92 Å². The topological polar surface area (TPSA) is 20.3 Å². The fraction of sp³-hybridized carbons (Fsp3) is 0.909. The molecule has 0 saturated carbocycles. The van der Waals surface area contributed by atoms with Gasteiger partial charge in [0.15, 0.2) is 0 Å². The Morgan fingerprint density at radius 2 is 1.69 bits per heavy atom. The summed E-state index contributed by atoms with van der Waals surface area (Å²) in [5, 5.41) is 0. The van der Waals surface area contributed by atoms with Crippen molar-refractivity contribution in [1.82, 2.24) is 4.90 Å². The molecule has 1 fully saturated rings. The van der Waals surface area contributed by atoms with Gasteiger partial charge < -0.3 is 4.90 Å². The van der Waals surface area contributed by atoms with Crippen LogP contribution in [0.15, 0.2) is 0 Å². The van der Waals surface area contributed by atoms with E-state index in [1.165, 1.54) is 32.4 Å². The molecule has 2 heteroatoms. The molecule has 1 aliphatic rings. The van der Waals surface area contributed by atoms with Crippen LogP contribution in [0.3, 0.4) is 0 Å². The summed E-state index contributed by atoms with van der Waals surface area (Å²) < 4.78 is 0. The molecule has 13 heavy (non-hydrogen) atoms. The van der Waals surface area contributed by atoms with E-state index in [9.17, 15) is 4.79 Å². The zero-order chi connectivity index (χ0) is 10.1. The summed E-state index contributed by atoms with van der Waals surface area (Å²) in [6.45, 7) is 9.06. The van der Waals surface area contributed by atoms with Crippen LogP contribution in [0.25, 0.3) is 0 Å². The van der Waals surface area contributed by atoms with Gasteiger partial charge in [-0.2, -0.15) is 0 Å². The molecule has 0 aliphatic carbocycles. The van der Waals surface area contributed by atoms with Gasteiger partial charge in [0.2, 0.25) is 0 Å². The molecule has 78 valence electrons. The normalized spacial score (nSPS) is 17.5. The van der Waals surface area contributed by atoms with Gasteiger partial charge in [-0.15, -0.1) is 0 Å². The van der Waals surface area contributed by atoms with E-state index in [-0.39, 0.29) is 0 Å². The van der Waals surface area contributed by atoms with Crippen LogP contribution < -0.4 is 0 Å². The second kappa shape index (κ2) is 8.24. The van der Waals surface area contributed by atoms with Crippen molar-refractivity contribution < 1.29 is 4.79 Å². The van der Waals surface area contributed by atoms with Crippen LogP contribution in [-0.4, -0.2) is 30.3 Å². The highest BCUT2D eigenvalue weighted by Crippen LogP contribution is 2.08. The number of rotatable bonds is 3. The van der Waals surface area contributed by atoms with E-state index in [2.05, 4.69) is 4.90 Å². The SMILES string of the molecule is CC.CC(=O)CCN1CCCCC1. The molecule has 0 aromatic heterocycles. The average Bonchev–Trinajstić information content (AvgIpc) is 2.19. The molecule has 0 unspecified atom stereocenters. The standard InChI is InChI=1S/C9H17NO.C2H6/c1-9(11)5-8-10-6-3-2-4-7-10;1-2/h2-8H2,1H3;1-2H3. The van der Waals surface area contributed by atoms with Crippen molar-refractivity contribution in [1.29, 1.82) is 0 Å². The van der Waals surface area contributed by atoms with Crippen molar-refractivity contribution in [3.63, 3.8) is 0 Å². The molecule has 0 radical (unpaired) electrons. The molecule has 0 amide bonds. The summed E-state index contributed by atoms with van der Waals surface area (Å²) in [6, 6.07) is 0. The number of carbonyl (C=O) groups is 1. The lowest BCUT2D eigenvalue weighted by Gasteiger charge is -2.25. The fourth-order valence-corrected chi connectivity index (χ4v) is 1.50. The molecular formula is C11H23NO. The van der Waals surface area contributed by atoms with Crippen molar-refractivity contribution in [3.8, 4) is 0 Å². The van der Waals surface area contributed by atoms with Crippen LogP contribution in [0.1, 0.15) is 46.5 Å². The van der Waals surface area contributed by atoms with Gasteiger partial charge in [0.1, 0.15) is 5.78 Å². The van der Waals surface area contributed by atoms with Gasteiger partial charge in [-0.3, -0.25) is 4.79 Å². The van der Waals surface area contributed by atoms with Crippen molar-refractivity contribution >= 4 is 5.78 Å². The van der Waals surface area contributed by atoms with E-state index in [1.807, 2.05) is 13.8 Å². The minimum Gasteiger partial charge on any atom is -0.303 e. The highest BCUT2D eigenvalue weighted by molar-refractivity contribution is 5.75. The van der Waals surface area contributed by atoms with Gasteiger partial charge in [-0.05, 0) is 32.9 Å². The first kappa shape index (κ1) is 12.6. The molecule has 0 aromatic rings. The van der Waals surface area contributed by atoms with E-state index in [0.29, 0.717) is 5.78 Å². The third-order valence-corrected chi connectivity index (χ3v) is 2.23. The maximum absolute atomic E-state index is 10.7. The summed E-state index contributed by atoms with van der Waals surface area (Å²) >= 11 is 0. The average molecular weight is 185 g/mol. The first-order valence-electron chi connectivity index (χ1n) is 5.51. The zero-order valence-electron chi connectivity index (χ0n) is 9.31. The fourth-order valence-electron chi connectivity index (χ4n) is 1.50. The molecule has 1 rings (SSSR count). The third kappa shape index (κ3) is 6.76. The monoisotopic (exact) mass is 185 g/mol. The van der Waals surface area contributed by atoms with Crippen molar-refractivity contribution in [2.45, 2.75) is 46.5 Å². The largest absolute Gasteiger partial charge is 0.303 e. The van der Waals surface area contributed by atoms with E-state index in [4.69, 9.17) is 0 Å². The lowest BCUT2D eigenvalue weighted by atomic mass is 10.1. The lowest BCUT2D eigenvalue weighted by molar-refractivity contribution is -0.117. The Bertz CT molecular complexity index is 128. The number of hydrogen-bond acceptors (Lipinski definition) is 2. The van der Waals surface area contributed by atoms with Crippen molar-refractivity contribution in [2.24, 2.45) is 0 Å². The Morgan fingerprint density at radius 3 is 2.15 bits per heavy atom. The highest BCUT2D eigenvalue weighted by atomic mass is 16.1. The van der Waals surface area contributed by atoms with Gasteiger partial charge >= 0.3 is 0 Å². The Labute approximate surface area is 82.3 Å². The maximum atomic E-state index is 10.7. The van der Waals surface area contributed by atoms with Crippen LogP contribution in [0.5, 0.6) is 0 Å². The van der Waals surface area contributed by atoms with Gasteiger partial charge in [-0.1, -0.05) is 20.3 Å². The predicted octanol–water partition coefficient (Wildman–Crippen LogP) is 2.48. The number of carbonyl (C=O) groups excluding carboxylic acids is 1. The smallest absolute Gasteiger partial charge is 0.131 e. The Morgan fingerprint density at radius 1 is 1.15 bits per heavy atom. The summed E-state index contributed by atoms with van der Waals surface area (Å²) in [5.74, 6) is 0.315. The summed E-state index contributed by atoms with van der Waals surface area (Å²) in [7, 11) is 0. The molecule has 1 saturated heterocycles. The van der Waals surface area contributed by atoms with Gasteiger partial charge in [0.05, 0.1) is 0 Å². The van der Waals surface area contributed by atoms with E-state index < -0.39 is 0 Å².